The summed E-state index contributed by atoms with van der Waals surface area (Å²) in [5, 5.41) is 7.32. The van der Waals surface area contributed by atoms with E-state index in [0.29, 0.717) is 23.7 Å². The first kappa shape index (κ1) is 70.3. The molecular formula is C59H96ClN5O11S. The number of nitriles is 1. The third-order valence-electron chi connectivity index (χ3n) is 14.5. The predicted octanol–water partition coefficient (Wildman–Crippen LogP) is 10.6. The molecule has 4 aliphatic heterocycles. The fraction of sp³-hybridized carbons (Fsp3) is 0.644. The summed E-state index contributed by atoms with van der Waals surface area (Å²) in [7, 11) is 2.66. The van der Waals surface area contributed by atoms with Gasteiger partial charge in [0.15, 0.2) is 23.0 Å². The zero-order valence-corrected chi connectivity index (χ0v) is 48.6. The van der Waals surface area contributed by atoms with Gasteiger partial charge in [0.1, 0.15) is 24.3 Å². The van der Waals surface area contributed by atoms with E-state index in [1.54, 1.807) is 46.6 Å². The van der Waals surface area contributed by atoms with Crippen LogP contribution in [-0.2, 0) is 42.0 Å². The van der Waals surface area contributed by atoms with Crippen LogP contribution >= 0.6 is 12.4 Å². The van der Waals surface area contributed by atoms with E-state index in [0.717, 1.165) is 93.3 Å². The second-order valence-electron chi connectivity index (χ2n) is 21.6. The summed E-state index contributed by atoms with van der Waals surface area (Å²) in [6.45, 7) is 23.9. The van der Waals surface area contributed by atoms with Crippen molar-refractivity contribution >= 4 is 34.5 Å². The Bertz CT molecular complexity index is 2320. The summed E-state index contributed by atoms with van der Waals surface area (Å²) in [6, 6.07) is 15.4. The third kappa shape index (κ3) is 19.3. The van der Waals surface area contributed by atoms with Gasteiger partial charge in [0.2, 0.25) is 0 Å². The number of piperidine rings is 2. The number of ether oxygens (including phenoxy) is 6. The van der Waals surface area contributed by atoms with Crippen LogP contribution in [0.3, 0.4) is 0 Å². The second kappa shape index (κ2) is 32.4. The molecule has 0 bridgehead atoms. The van der Waals surface area contributed by atoms with E-state index in [2.05, 4.69) is 61.8 Å². The van der Waals surface area contributed by atoms with Gasteiger partial charge in [-0.3, -0.25) is 23.9 Å². The molecule has 3 aromatic carbocycles. The highest BCUT2D eigenvalue weighted by atomic mass is 35.5. The van der Waals surface area contributed by atoms with Crippen molar-refractivity contribution in [3.63, 3.8) is 0 Å². The molecule has 436 valence electrons. The Morgan fingerprint density at radius 3 is 1.27 bits per heavy atom. The van der Waals surface area contributed by atoms with Gasteiger partial charge in [0, 0.05) is 69.9 Å². The monoisotopic (exact) mass is 1120 g/mol. The van der Waals surface area contributed by atoms with Crippen LogP contribution in [0.2, 0.25) is 0 Å². The quantitative estimate of drug-likeness (QED) is 0.0950. The highest BCUT2D eigenvalue weighted by Gasteiger charge is 2.43. The van der Waals surface area contributed by atoms with Gasteiger partial charge in [-0.15, -0.1) is 12.4 Å². The molecule has 16 nitrogen and oxygen atoms in total. The van der Waals surface area contributed by atoms with Gasteiger partial charge < -0.3 is 39.9 Å². The maximum Gasteiger partial charge on any atom is 0.323 e. The van der Waals surface area contributed by atoms with Crippen LogP contribution in [0.25, 0.3) is 0 Å². The van der Waals surface area contributed by atoms with Gasteiger partial charge in [-0.05, 0) is 115 Å². The van der Waals surface area contributed by atoms with Crippen LogP contribution in [0.1, 0.15) is 143 Å². The number of hydrogen-bond acceptors (Lipinski definition) is 15. The molecular weight excluding hydrogens is 1020 g/mol. The molecule has 0 saturated carbocycles. The van der Waals surface area contributed by atoms with E-state index >= 15 is 0 Å². The number of halogens is 1. The Kier molecular flexibility index (Phi) is 29.6. The fourth-order valence-electron chi connectivity index (χ4n) is 10.5. The topological polar surface area (TPSA) is 226 Å². The molecule has 4 heterocycles. The lowest BCUT2D eigenvalue weighted by molar-refractivity contribution is -0.161. The van der Waals surface area contributed by atoms with Crippen LogP contribution in [0.5, 0.6) is 23.0 Å². The molecule has 18 heteroatoms. The van der Waals surface area contributed by atoms with Crippen molar-refractivity contribution in [1.29, 1.82) is 5.26 Å². The standard InChI is InChI=1S/2C24H38N2O4.C7H8O3S.C2H3N.2CH4.ClH/c2*1-14(2)9-17-13-26-8-7-16-10-21(28-5)22(29-6)11-18(16)19(26)12-20(17)30-24(27)23(25)15(3)4;1-6-2-4-7(5-3-6)11(8,9)10;1-2-3;;;/h2*10-11,14-15,17,19-20,23H,7-9,12-13,25H2,1-6H3;2-5H,1H3,(H,8,9,10);1H3;2*1H4;1H/t2*17-,19-,20-,23+;;;;;/m11...../s1. The average molecular weight is 1120 g/mol. The van der Waals surface area contributed by atoms with Crippen molar-refractivity contribution < 1.29 is 51.0 Å². The Hall–Kier alpha value is -4.67. The van der Waals surface area contributed by atoms with Gasteiger partial charge in [-0.2, -0.15) is 13.7 Å². The molecule has 7 rings (SSSR count). The van der Waals surface area contributed by atoms with E-state index in [-0.39, 0.29) is 80.2 Å². The summed E-state index contributed by atoms with van der Waals surface area (Å²) in [6.07, 6.45) is 5.39. The van der Waals surface area contributed by atoms with Gasteiger partial charge in [-0.1, -0.05) is 87.9 Å². The van der Waals surface area contributed by atoms with Gasteiger partial charge in [0.25, 0.3) is 10.1 Å². The normalized spacial score (nSPS) is 21.1. The van der Waals surface area contributed by atoms with Crippen molar-refractivity contribution in [1.82, 2.24) is 9.80 Å². The number of rotatable bonds is 15. The minimum absolute atomic E-state index is 0. The molecule has 0 aliphatic carbocycles. The van der Waals surface area contributed by atoms with Gasteiger partial charge in [0.05, 0.1) is 39.4 Å². The van der Waals surface area contributed by atoms with Crippen molar-refractivity contribution in [2.24, 2.45) is 47.0 Å². The molecule has 5 N–H and O–H groups in total. The predicted molar refractivity (Wildman–Crippen MR) is 309 cm³/mol. The molecule has 8 atom stereocenters. The zero-order chi connectivity index (χ0) is 55.2. The summed E-state index contributed by atoms with van der Waals surface area (Å²) in [5.74, 6) is 4.35. The van der Waals surface area contributed by atoms with E-state index in [9.17, 15) is 18.0 Å². The maximum absolute atomic E-state index is 12.7. The highest BCUT2D eigenvalue weighted by Crippen LogP contribution is 2.46. The number of benzene rings is 3. The molecule has 0 spiro atoms. The second-order valence-corrected chi connectivity index (χ2v) is 23.0. The van der Waals surface area contributed by atoms with E-state index in [1.165, 1.54) is 41.3 Å². The molecule has 77 heavy (non-hydrogen) atoms. The van der Waals surface area contributed by atoms with E-state index in [4.69, 9.17) is 49.7 Å². The lowest BCUT2D eigenvalue weighted by Crippen LogP contribution is -2.51. The molecule has 3 aromatic rings. The summed E-state index contributed by atoms with van der Waals surface area (Å²) in [5.41, 5.74) is 18.2. The number of carbonyl (C=O) groups excluding carboxylic acids is 2. The van der Waals surface area contributed by atoms with Crippen molar-refractivity contribution in [2.45, 2.75) is 164 Å². The first-order valence-corrected chi connectivity index (χ1v) is 27.6. The molecule has 2 saturated heterocycles. The zero-order valence-electron chi connectivity index (χ0n) is 47.0. The van der Waals surface area contributed by atoms with Crippen LogP contribution in [-0.4, -0.2) is 114 Å². The lowest BCUT2D eigenvalue weighted by atomic mass is 9.79. The number of hydrogen-bond donors (Lipinski definition) is 3. The summed E-state index contributed by atoms with van der Waals surface area (Å²) in [4.78, 5) is 30.4. The van der Waals surface area contributed by atoms with E-state index < -0.39 is 22.2 Å². The van der Waals surface area contributed by atoms with Crippen LogP contribution in [0.4, 0.5) is 0 Å². The van der Waals surface area contributed by atoms with Crippen LogP contribution in [0, 0.1) is 53.8 Å². The molecule has 0 amide bonds. The maximum atomic E-state index is 12.7. The number of methoxy groups -OCH3 is 4. The minimum atomic E-state index is -4.02. The van der Waals surface area contributed by atoms with Crippen molar-refractivity contribution in [3.8, 4) is 29.1 Å². The number of nitrogens with two attached hydrogens (primary N) is 2. The first-order chi connectivity index (χ1) is 34.9. The van der Waals surface area contributed by atoms with Crippen molar-refractivity contribution in [2.75, 3.05) is 54.6 Å². The van der Waals surface area contributed by atoms with Crippen molar-refractivity contribution in [3.05, 3.63) is 76.3 Å². The van der Waals surface area contributed by atoms with E-state index in [1.807, 2.05) is 34.6 Å². The first-order valence-electron chi connectivity index (χ1n) is 26.2. The number of fused-ring (bicyclic) bond motifs is 6. The third-order valence-corrected chi connectivity index (χ3v) is 15.4. The largest absolute Gasteiger partial charge is 0.493 e. The average Bonchev–Trinajstić information content (AvgIpc) is 3.35. The summed E-state index contributed by atoms with van der Waals surface area (Å²) < 4.78 is 63.8. The number of esters is 2. The smallest absolute Gasteiger partial charge is 0.323 e. The molecule has 0 radical (unpaired) electrons. The molecule has 0 unspecified atom stereocenters. The van der Waals surface area contributed by atoms with Crippen LogP contribution < -0.4 is 30.4 Å². The lowest BCUT2D eigenvalue weighted by Gasteiger charge is -2.47. The fourth-order valence-corrected chi connectivity index (χ4v) is 11.0. The van der Waals surface area contributed by atoms with Gasteiger partial charge in [-0.25, -0.2) is 0 Å². The Morgan fingerprint density at radius 1 is 0.662 bits per heavy atom. The minimum Gasteiger partial charge on any atom is -0.493 e. The SMILES string of the molecule is C.C.CC#N.COc1cc2c(cc1OC)[C@H]1C[C@@H](OC(=O)[C@@H](N)C(C)C)[C@H](CC(C)C)CN1CC2.COc1cc2c(cc1OC)[C@H]1C[C@@H](OC(=O)[C@@H](N)C(C)C)[C@H](CC(C)C)CN1CC2.Cc1ccc(S(=O)(=O)O)cc1.Cl. The molecule has 0 aromatic heterocycles. The Balaban J connectivity index is 0.000000599. The molecule has 4 aliphatic rings. The number of nitrogens with zero attached hydrogens (tertiary/aromatic N) is 3. The number of carbonyl (C=O) groups is 2. The number of aryl methyl sites for hydroxylation is 1. The highest BCUT2D eigenvalue weighted by molar-refractivity contribution is 7.85. The Morgan fingerprint density at radius 2 is 0.987 bits per heavy atom. The molecule has 2 fully saturated rings. The summed E-state index contributed by atoms with van der Waals surface area (Å²) >= 11 is 0. The van der Waals surface area contributed by atoms with Crippen LogP contribution in [0.15, 0.2) is 53.4 Å². The Labute approximate surface area is 469 Å². The van der Waals surface area contributed by atoms with Gasteiger partial charge >= 0.3 is 11.9 Å².